The Morgan fingerprint density at radius 1 is 1.19 bits per heavy atom. The van der Waals surface area contributed by atoms with Gasteiger partial charge in [-0.05, 0) is 56.6 Å². The van der Waals surface area contributed by atoms with E-state index in [0.717, 1.165) is 32.0 Å². The van der Waals surface area contributed by atoms with Gasteiger partial charge < -0.3 is 9.64 Å². The molecule has 2 bridgehead atoms. The average molecular weight is 437 g/mol. The third kappa shape index (κ3) is 3.39. The molecule has 1 amide bonds. The van der Waals surface area contributed by atoms with E-state index < -0.39 is 0 Å². The molecule has 32 heavy (non-hydrogen) atoms. The monoisotopic (exact) mass is 436 g/mol. The van der Waals surface area contributed by atoms with Crippen LogP contribution in [0.2, 0.25) is 0 Å². The first kappa shape index (κ1) is 20.1. The maximum Gasteiger partial charge on any atom is 0.231 e. The van der Waals surface area contributed by atoms with Crippen molar-refractivity contribution in [2.75, 3.05) is 26.7 Å². The zero-order chi connectivity index (χ0) is 21.7. The molecule has 0 saturated carbocycles. The van der Waals surface area contributed by atoms with Crippen molar-refractivity contribution in [3.63, 3.8) is 0 Å². The molecule has 5 heterocycles. The van der Waals surface area contributed by atoms with Gasteiger partial charge in [0, 0.05) is 38.0 Å². The van der Waals surface area contributed by atoms with Gasteiger partial charge in [-0.2, -0.15) is 4.52 Å². The second-order valence-electron chi connectivity index (χ2n) is 9.86. The van der Waals surface area contributed by atoms with E-state index in [9.17, 15) is 4.79 Å². The maximum atomic E-state index is 13.4. The number of rotatable bonds is 4. The van der Waals surface area contributed by atoms with Crippen LogP contribution in [0.4, 0.5) is 0 Å². The van der Waals surface area contributed by atoms with Crippen molar-refractivity contribution in [3.05, 3.63) is 29.6 Å². The van der Waals surface area contributed by atoms with E-state index in [2.05, 4.69) is 31.2 Å². The number of hydrogen-bond donors (Lipinski definition) is 0. The molecular formula is C24H32N6O2. The van der Waals surface area contributed by atoms with Crippen LogP contribution in [0.25, 0.3) is 5.65 Å². The molecule has 3 aliphatic heterocycles. The van der Waals surface area contributed by atoms with Gasteiger partial charge >= 0.3 is 0 Å². The minimum Gasteiger partial charge on any atom is -0.480 e. The Morgan fingerprint density at radius 2 is 2.12 bits per heavy atom. The molecule has 6 rings (SSSR count). The molecule has 3 saturated heterocycles. The third-order valence-corrected chi connectivity index (χ3v) is 8.05. The van der Waals surface area contributed by atoms with Crippen LogP contribution in [-0.4, -0.2) is 74.3 Å². The lowest BCUT2D eigenvalue weighted by molar-refractivity contribution is -0.136. The van der Waals surface area contributed by atoms with Crippen molar-refractivity contribution in [1.29, 1.82) is 0 Å². The fourth-order valence-electron chi connectivity index (χ4n) is 6.70. The first-order chi connectivity index (χ1) is 15.7. The third-order valence-electron chi connectivity index (χ3n) is 8.05. The summed E-state index contributed by atoms with van der Waals surface area (Å²) in [5, 5.41) is 12.9. The first-order valence-corrected chi connectivity index (χ1v) is 12.2. The number of aromatic nitrogens is 4. The number of amides is 1. The Bertz CT molecular complexity index is 1050. The number of methoxy groups -OCH3 is 1. The fourth-order valence-corrected chi connectivity index (χ4v) is 6.70. The van der Waals surface area contributed by atoms with E-state index in [-0.39, 0.29) is 5.91 Å². The van der Waals surface area contributed by atoms with E-state index in [4.69, 9.17) is 4.74 Å². The van der Waals surface area contributed by atoms with E-state index in [1.165, 1.54) is 37.8 Å². The van der Waals surface area contributed by atoms with Gasteiger partial charge in [-0.1, -0.05) is 18.1 Å². The maximum absolute atomic E-state index is 13.4. The summed E-state index contributed by atoms with van der Waals surface area (Å²) in [5.74, 6) is 2.73. The number of likely N-dealkylation sites (tertiary alicyclic amines) is 1. The summed E-state index contributed by atoms with van der Waals surface area (Å²) in [4.78, 5) is 18.4. The molecule has 0 spiro atoms. The lowest BCUT2D eigenvalue weighted by Gasteiger charge is -2.54. The standard InChI is InChI=1S/C24H32N6O2/c1-32-22-9-7-20-25-26-21(30(20)27-22)8-10-23(31)29-12-4-5-16-13-17-14-18(24(16)29)15-28-11-3-2-6-19(17)28/h7,9,13,17-19,24H,2-6,8,10-12,14-15H2,1H3/t17-,18-,19-,24+/m0/s1. The highest BCUT2D eigenvalue weighted by molar-refractivity contribution is 5.77. The van der Waals surface area contributed by atoms with Crippen LogP contribution in [0.1, 0.15) is 50.8 Å². The van der Waals surface area contributed by atoms with Gasteiger partial charge in [0.2, 0.25) is 11.8 Å². The predicted octanol–water partition coefficient (Wildman–Crippen LogP) is 2.49. The molecule has 8 nitrogen and oxygen atoms in total. The van der Waals surface area contributed by atoms with Crippen molar-refractivity contribution >= 4 is 11.6 Å². The number of aryl methyl sites for hydroxylation is 1. The minimum atomic E-state index is 0.236. The quantitative estimate of drug-likeness (QED) is 0.686. The number of hydrogen-bond acceptors (Lipinski definition) is 6. The van der Waals surface area contributed by atoms with Crippen LogP contribution in [0.15, 0.2) is 23.8 Å². The zero-order valence-corrected chi connectivity index (χ0v) is 18.8. The molecule has 4 atom stereocenters. The molecule has 170 valence electrons. The van der Waals surface area contributed by atoms with Crippen LogP contribution in [0, 0.1) is 11.8 Å². The smallest absolute Gasteiger partial charge is 0.231 e. The van der Waals surface area contributed by atoms with Crippen LogP contribution in [-0.2, 0) is 11.2 Å². The van der Waals surface area contributed by atoms with Gasteiger partial charge in [0.15, 0.2) is 11.5 Å². The van der Waals surface area contributed by atoms with Crippen molar-refractivity contribution in [3.8, 4) is 5.88 Å². The van der Waals surface area contributed by atoms with Gasteiger partial charge in [0.25, 0.3) is 0 Å². The van der Waals surface area contributed by atoms with Crippen LogP contribution >= 0.6 is 0 Å². The van der Waals surface area contributed by atoms with E-state index in [0.29, 0.717) is 48.1 Å². The highest BCUT2D eigenvalue weighted by Crippen LogP contribution is 2.45. The lowest BCUT2D eigenvalue weighted by atomic mass is 9.68. The Hall–Kier alpha value is -2.48. The largest absolute Gasteiger partial charge is 0.480 e. The normalized spacial score (nSPS) is 29.9. The van der Waals surface area contributed by atoms with Gasteiger partial charge in [0.05, 0.1) is 13.2 Å². The van der Waals surface area contributed by atoms with Gasteiger partial charge in [-0.3, -0.25) is 9.69 Å². The summed E-state index contributed by atoms with van der Waals surface area (Å²) >= 11 is 0. The number of fused-ring (bicyclic) bond motifs is 7. The number of piperidine rings is 3. The summed E-state index contributed by atoms with van der Waals surface area (Å²) in [6, 6.07) is 4.64. The van der Waals surface area contributed by atoms with Crippen LogP contribution in [0.3, 0.4) is 0 Å². The highest BCUT2D eigenvalue weighted by atomic mass is 16.5. The second kappa shape index (κ2) is 8.14. The molecule has 4 aliphatic rings. The lowest BCUT2D eigenvalue weighted by Crippen LogP contribution is -2.60. The topological polar surface area (TPSA) is 75.9 Å². The molecular weight excluding hydrogens is 404 g/mol. The Balaban J connectivity index is 1.19. The second-order valence-corrected chi connectivity index (χ2v) is 9.86. The molecule has 0 unspecified atom stereocenters. The molecule has 0 N–H and O–H groups in total. The molecule has 8 heteroatoms. The first-order valence-electron chi connectivity index (χ1n) is 12.2. The van der Waals surface area contributed by atoms with Gasteiger partial charge in [0.1, 0.15) is 0 Å². The van der Waals surface area contributed by atoms with E-state index in [1.54, 1.807) is 17.7 Å². The molecule has 0 radical (unpaired) electrons. The Morgan fingerprint density at radius 3 is 3.03 bits per heavy atom. The van der Waals surface area contributed by atoms with Crippen molar-refractivity contribution in [1.82, 2.24) is 29.6 Å². The molecule has 3 fully saturated rings. The Labute approximate surface area is 188 Å². The molecule has 2 aromatic rings. The zero-order valence-electron chi connectivity index (χ0n) is 18.8. The van der Waals surface area contributed by atoms with Crippen LogP contribution in [0.5, 0.6) is 5.88 Å². The summed E-state index contributed by atoms with van der Waals surface area (Å²) in [6.45, 7) is 3.27. The average Bonchev–Trinajstić information content (AvgIpc) is 3.24. The fraction of sp³-hybridized carbons (Fsp3) is 0.667. The molecule has 2 aromatic heterocycles. The Kier molecular flexibility index (Phi) is 5.12. The van der Waals surface area contributed by atoms with Gasteiger partial charge in [-0.25, -0.2) is 0 Å². The van der Waals surface area contributed by atoms with Crippen LogP contribution < -0.4 is 4.74 Å². The number of carbonyl (C=O) groups is 1. The van der Waals surface area contributed by atoms with E-state index >= 15 is 0 Å². The number of nitrogens with zero attached hydrogens (tertiary/aromatic N) is 6. The van der Waals surface area contributed by atoms with Crippen molar-refractivity contribution in [2.45, 2.75) is 63.5 Å². The molecule has 1 aliphatic carbocycles. The minimum absolute atomic E-state index is 0.236. The van der Waals surface area contributed by atoms with Crippen molar-refractivity contribution < 1.29 is 9.53 Å². The predicted molar refractivity (Wildman–Crippen MR) is 119 cm³/mol. The molecule has 0 aromatic carbocycles. The summed E-state index contributed by atoms with van der Waals surface area (Å²) in [7, 11) is 1.59. The van der Waals surface area contributed by atoms with Gasteiger partial charge in [-0.15, -0.1) is 15.3 Å². The SMILES string of the molecule is COc1ccc2nnc(CCC(=O)N3CCCC4=C[C@H]5C[C@@H](CN6CCCC[C@@H]56)[C@@H]43)n2n1. The number of ether oxygens (including phenoxy) is 1. The van der Waals surface area contributed by atoms with Crippen molar-refractivity contribution in [2.24, 2.45) is 11.8 Å². The van der Waals surface area contributed by atoms with E-state index in [1.807, 2.05) is 6.07 Å². The number of carbonyl (C=O) groups excluding carboxylic acids is 1. The highest BCUT2D eigenvalue weighted by Gasteiger charge is 2.46. The summed E-state index contributed by atoms with van der Waals surface area (Å²) in [5.41, 5.74) is 2.21. The summed E-state index contributed by atoms with van der Waals surface area (Å²) in [6.07, 6.45) is 11.1. The summed E-state index contributed by atoms with van der Waals surface area (Å²) < 4.78 is 6.92.